The van der Waals surface area contributed by atoms with Crippen LogP contribution in [0.3, 0.4) is 0 Å². The fourth-order valence-electron chi connectivity index (χ4n) is 2.21. The Morgan fingerprint density at radius 3 is 2.06 bits per heavy atom. The molecule has 1 saturated heterocycles. The summed E-state index contributed by atoms with van der Waals surface area (Å²) in [5.41, 5.74) is -2.00. The van der Waals surface area contributed by atoms with Gasteiger partial charge in [0.15, 0.2) is 0 Å². The zero-order valence-electron chi connectivity index (χ0n) is 8.09. The van der Waals surface area contributed by atoms with Gasteiger partial charge in [-0.05, 0) is 0 Å². The van der Waals surface area contributed by atoms with Crippen molar-refractivity contribution in [2.75, 3.05) is 6.54 Å². The van der Waals surface area contributed by atoms with Crippen molar-refractivity contribution < 1.29 is 36.6 Å². The van der Waals surface area contributed by atoms with Gasteiger partial charge in [0.1, 0.15) is 6.04 Å². The maximum absolute atomic E-state index is 12.9. The predicted molar refractivity (Wildman–Crippen MR) is 41.2 cm³/mol. The van der Waals surface area contributed by atoms with E-state index in [0.717, 1.165) is 0 Å². The molecule has 1 N–H and O–H groups in total. The summed E-state index contributed by atoms with van der Waals surface area (Å²) < 4.78 is 61.9. The molecule has 1 saturated carbocycles. The number of carbonyl (C=O) groups excluding carboxylic acids is 1. The molecule has 1 amide bonds. The van der Waals surface area contributed by atoms with E-state index in [2.05, 4.69) is 0 Å². The average molecular weight is 259 g/mol. The quantitative estimate of drug-likeness (QED) is 0.711. The number of amides is 1. The molecule has 9 heteroatoms. The van der Waals surface area contributed by atoms with Gasteiger partial charge in [-0.25, -0.2) is 13.6 Å². The van der Waals surface area contributed by atoms with Crippen molar-refractivity contribution in [2.24, 2.45) is 5.41 Å². The van der Waals surface area contributed by atoms with Crippen molar-refractivity contribution in [3.8, 4) is 0 Å². The van der Waals surface area contributed by atoms with E-state index in [-0.39, 0.29) is 4.90 Å². The third-order valence-electron chi connectivity index (χ3n) is 3.17. The molecule has 1 heterocycles. The lowest BCUT2D eigenvalue weighted by Crippen LogP contribution is -2.67. The van der Waals surface area contributed by atoms with Gasteiger partial charge in [0, 0.05) is 13.0 Å². The number of hydrogen-bond acceptors (Lipinski definition) is 2. The van der Waals surface area contributed by atoms with Crippen LogP contribution in [0.25, 0.3) is 0 Å². The number of nitrogens with zero attached hydrogens (tertiary/aromatic N) is 1. The highest BCUT2D eigenvalue weighted by Crippen LogP contribution is 2.68. The highest BCUT2D eigenvalue weighted by Gasteiger charge is 2.84. The Bertz CT molecular complexity index is 406. The maximum Gasteiger partial charge on any atom is 0.471 e. The first-order valence-corrected chi connectivity index (χ1v) is 4.51. The number of carboxylic acids is 1. The number of likely N-dealkylation sites (tertiary alicyclic amines) is 1. The molecule has 2 atom stereocenters. The fourth-order valence-corrected chi connectivity index (χ4v) is 2.21. The van der Waals surface area contributed by atoms with Gasteiger partial charge >= 0.3 is 18.1 Å². The Balaban J connectivity index is 2.20. The molecule has 2 aliphatic rings. The lowest BCUT2D eigenvalue weighted by molar-refractivity contribution is -0.207. The van der Waals surface area contributed by atoms with Crippen molar-refractivity contribution in [3.05, 3.63) is 0 Å². The molecule has 0 unspecified atom stereocenters. The Hall–Kier alpha value is -1.41. The minimum atomic E-state index is -5.25. The highest BCUT2D eigenvalue weighted by molar-refractivity contribution is 5.90. The van der Waals surface area contributed by atoms with Crippen LogP contribution in [-0.4, -0.2) is 46.6 Å². The summed E-state index contributed by atoms with van der Waals surface area (Å²) >= 11 is 0. The monoisotopic (exact) mass is 259 g/mol. The molecular weight excluding hydrogens is 253 g/mol. The Morgan fingerprint density at radius 1 is 1.29 bits per heavy atom. The molecule has 0 aromatic heterocycles. The van der Waals surface area contributed by atoms with Gasteiger partial charge in [-0.15, -0.1) is 0 Å². The SMILES string of the molecule is O=C(O)[C@@H]1N(C(=O)C(F)(F)F)C[C@]12CC2(F)F. The summed E-state index contributed by atoms with van der Waals surface area (Å²) in [4.78, 5) is 21.4. The number of carbonyl (C=O) groups is 2. The molecule has 4 nitrogen and oxygen atoms in total. The number of carboxylic acid groups (broad SMARTS) is 1. The molecular formula is C8H6F5NO3. The molecule has 0 bridgehead atoms. The molecule has 0 radical (unpaired) electrons. The molecule has 0 aromatic rings. The maximum atomic E-state index is 12.9. The van der Waals surface area contributed by atoms with Crippen LogP contribution in [-0.2, 0) is 9.59 Å². The number of alkyl halides is 5. The second-order valence-electron chi connectivity index (χ2n) is 4.21. The van der Waals surface area contributed by atoms with Crippen molar-refractivity contribution in [1.82, 2.24) is 4.90 Å². The number of halogens is 5. The highest BCUT2D eigenvalue weighted by atomic mass is 19.4. The molecule has 17 heavy (non-hydrogen) atoms. The van der Waals surface area contributed by atoms with Gasteiger partial charge in [0.25, 0.3) is 5.92 Å². The average Bonchev–Trinajstić information content (AvgIpc) is 2.63. The van der Waals surface area contributed by atoms with E-state index < -0.39 is 48.4 Å². The van der Waals surface area contributed by atoms with E-state index in [1.807, 2.05) is 0 Å². The van der Waals surface area contributed by atoms with Gasteiger partial charge < -0.3 is 10.0 Å². The molecule has 1 aliphatic heterocycles. The minimum absolute atomic E-state index is 0.0662. The van der Waals surface area contributed by atoms with Crippen molar-refractivity contribution in [3.63, 3.8) is 0 Å². The zero-order valence-corrected chi connectivity index (χ0v) is 8.09. The van der Waals surface area contributed by atoms with E-state index in [1.54, 1.807) is 0 Å². The van der Waals surface area contributed by atoms with Crippen molar-refractivity contribution in [1.29, 1.82) is 0 Å². The van der Waals surface area contributed by atoms with Gasteiger partial charge in [-0.1, -0.05) is 0 Å². The van der Waals surface area contributed by atoms with Crippen LogP contribution in [0.5, 0.6) is 0 Å². The Labute approximate surface area is 91.0 Å². The molecule has 1 aliphatic carbocycles. The number of aliphatic carboxylic acids is 1. The first-order valence-electron chi connectivity index (χ1n) is 4.51. The summed E-state index contributed by atoms with van der Waals surface area (Å²) in [6.07, 6.45) is -6.04. The Kier molecular flexibility index (Phi) is 2.04. The van der Waals surface area contributed by atoms with Crippen LogP contribution >= 0.6 is 0 Å². The third kappa shape index (κ3) is 1.40. The summed E-state index contributed by atoms with van der Waals surface area (Å²) in [6, 6.07) is -2.09. The lowest BCUT2D eigenvalue weighted by Gasteiger charge is -2.46. The summed E-state index contributed by atoms with van der Waals surface area (Å²) in [7, 11) is 0. The zero-order chi connectivity index (χ0) is 13.2. The van der Waals surface area contributed by atoms with Crippen molar-refractivity contribution in [2.45, 2.75) is 24.6 Å². The normalized spacial score (nSPS) is 34.4. The van der Waals surface area contributed by atoms with E-state index in [9.17, 15) is 31.5 Å². The second-order valence-corrected chi connectivity index (χ2v) is 4.21. The van der Waals surface area contributed by atoms with Gasteiger partial charge in [0.05, 0.1) is 5.41 Å². The first kappa shape index (κ1) is 12.1. The van der Waals surface area contributed by atoms with E-state index in [4.69, 9.17) is 5.11 Å². The molecule has 0 aromatic carbocycles. The molecule has 2 rings (SSSR count). The van der Waals surface area contributed by atoms with Gasteiger partial charge in [-0.2, -0.15) is 13.2 Å². The van der Waals surface area contributed by atoms with Gasteiger partial charge in [0.2, 0.25) is 0 Å². The summed E-state index contributed by atoms with van der Waals surface area (Å²) in [6.45, 7) is -0.866. The van der Waals surface area contributed by atoms with Crippen molar-refractivity contribution >= 4 is 11.9 Å². The van der Waals surface area contributed by atoms with Crippen LogP contribution < -0.4 is 0 Å². The van der Waals surface area contributed by atoms with Gasteiger partial charge in [-0.3, -0.25) is 4.79 Å². The number of rotatable bonds is 1. The first-order chi connectivity index (χ1) is 7.53. The van der Waals surface area contributed by atoms with Crippen LogP contribution in [0, 0.1) is 5.41 Å². The third-order valence-corrected chi connectivity index (χ3v) is 3.17. The topological polar surface area (TPSA) is 57.6 Å². The van der Waals surface area contributed by atoms with E-state index >= 15 is 0 Å². The smallest absolute Gasteiger partial charge is 0.471 e. The van der Waals surface area contributed by atoms with Crippen LogP contribution in [0.2, 0.25) is 0 Å². The largest absolute Gasteiger partial charge is 0.480 e. The lowest BCUT2D eigenvalue weighted by atomic mass is 9.84. The second kappa shape index (κ2) is 2.88. The fraction of sp³-hybridized carbons (Fsp3) is 0.750. The van der Waals surface area contributed by atoms with Crippen LogP contribution in [0.1, 0.15) is 6.42 Å². The minimum Gasteiger partial charge on any atom is -0.480 e. The summed E-state index contributed by atoms with van der Waals surface area (Å²) in [5, 5.41) is 8.63. The summed E-state index contributed by atoms with van der Waals surface area (Å²) in [5.74, 6) is -7.54. The molecule has 1 spiro atoms. The van der Waals surface area contributed by atoms with E-state index in [0.29, 0.717) is 0 Å². The molecule has 2 fully saturated rings. The van der Waals surface area contributed by atoms with E-state index in [1.165, 1.54) is 0 Å². The van der Waals surface area contributed by atoms with Crippen LogP contribution in [0.15, 0.2) is 0 Å². The van der Waals surface area contributed by atoms with Crippen LogP contribution in [0.4, 0.5) is 22.0 Å². The number of hydrogen-bond donors (Lipinski definition) is 1. The predicted octanol–water partition coefficient (Wildman–Crippen LogP) is 0.869. The molecule has 96 valence electrons. The Morgan fingerprint density at radius 2 is 1.76 bits per heavy atom. The standard InChI is InChI=1S/C8H6F5NO3/c9-7(10)1-6(7)2-14(3(6)4(15)16)5(17)8(11,12)13/h3H,1-2H2,(H,15,16)/t3-,6+/m0/s1.